The number of nitrogens with zero attached hydrogens (tertiary/aromatic N) is 2. The lowest BCUT2D eigenvalue weighted by Gasteiger charge is -2.31. The molecule has 0 bridgehead atoms. The maximum Gasteiger partial charge on any atom is 0.191 e. The summed E-state index contributed by atoms with van der Waals surface area (Å²) in [4.78, 5) is 7.16. The summed E-state index contributed by atoms with van der Waals surface area (Å²) in [6.07, 6.45) is 3.59. The molecule has 26 heavy (non-hydrogen) atoms. The van der Waals surface area contributed by atoms with E-state index in [1.165, 1.54) is 6.42 Å². The molecule has 2 unspecified atom stereocenters. The van der Waals surface area contributed by atoms with E-state index in [0.29, 0.717) is 12.1 Å². The van der Waals surface area contributed by atoms with Gasteiger partial charge in [0.2, 0.25) is 0 Å². The van der Waals surface area contributed by atoms with Crippen molar-refractivity contribution in [2.24, 2.45) is 4.99 Å². The molecule has 2 saturated heterocycles. The van der Waals surface area contributed by atoms with Crippen molar-refractivity contribution in [1.29, 1.82) is 0 Å². The Bertz CT molecular complexity index is 375. The van der Waals surface area contributed by atoms with Gasteiger partial charge in [0, 0.05) is 45.4 Å². The molecule has 0 aromatic heterocycles. The van der Waals surface area contributed by atoms with Crippen molar-refractivity contribution in [2.75, 3.05) is 65.8 Å². The second kappa shape index (κ2) is 14.8. The summed E-state index contributed by atoms with van der Waals surface area (Å²) in [5.41, 5.74) is 0. The lowest BCUT2D eigenvalue weighted by atomic mass is 10.2. The molecule has 7 nitrogen and oxygen atoms in total. The van der Waals surface area contributed by atoms with E-state index in [-0.39, 0.29) is 24.0 Å². The summed E-state index contributed by atoms with van der Waals surface area (Å²) in [6, 6.07) is 0.439. The second-order valence-electron chi connectivity index (χ2n) is 6.71. The Morgan fingerprint density at radius 1 is 1.27 bits per heavy atom. The molecule has 8 heteroatoms. The van der Waals surface area contributed by atoms with Crippen LogP contribution in [-0.4, -0.2) is 88.8 Å². The first-order chi connectivity index (χ1) is 12.3. The van der Waals surface area contributed by atoms with Gasteiger partial charge in [-0.25, -0.2) is 0 Å². The zero-order valence-electron chi connectivity index (χ0n) is 16.4. The van der Waals surface area contributed by atoms with Gasteiger partial charge in [-0.1, -0.05) is 0 Å². The number of morpholine rings is 1. The van der Waals surface area contributed by atoms with E-state index in [0.717, 1.165) is 84.6 Å². The number of hydrogen-bond acceptors (Lipinski definition) is 5. The third-order valence-corrected chi connectivity index (χ3v) is 4.61. The van der Waals surface area contributed by atoms with Gasteiger partial charge in [-0.05, 0) is 33.1 Å². The molecule has 2 N–H and O–H groups in total. The average molecular weight is 484 g/mol. The van der Waals surface area contributed by atoms with Gasteiger partial charge in [-0.15, -0.1) is 24.0 Å². The topological polar surface area (TPSA) is 67.4 Å². The lowest BCUT2D eigenvalue weighted by molar-refractivity contribution is 0.0168. The molecule has 2 atom stereocenters. The molecule has 0 aromatic rings. The predicted molar refractivity (Wildman–Crippen MR) is 116 cm³/mol. The summed E-state index contributed by atoms with van der Waals surface area (Å²) in [7, 11) is 0. The molecular formula is C18H37IN4O3. The highest BCUT2D eigenvalue weighted by molar-refractivity contribution is 14.0. The molecule has 0 amide bonds. The van der Waals surface area contributed by atoms with Crippen LogP contribution in [0.3, 0.4) is 0 Å². The van der Waals surface area contributed by atoms with Gasteiger partial charge in [0.25, 0.3) is 0 Å². The molecular weight excluding hydrogens is 447 g/mol. The largest absolute Gasteiger partial charge is 0.379 e. The fourth-order valence-electron chi connectivity index (χ4n) is 3.07. The van der Waals surface area contributed by atoms with Crippen molar-refractivity contribution < 1.29 is 14.2 Å². The molecule has 2 fully saturated rings. The highest BCUT2D eigenvalue weighted by atomic mass is 127. The summed E-state index contributed by atoms with van der Waals surface area (Å²) in [6.45, 7) is 12.9. The van der Waals surface area contributed by atoms with E-state index in [1.54, 1.807) is 0 Å². The van der Waals surface area contributed by atoms with Crippen molar-refractivity contribution in [2.45, 2.75) is 45.3 Å². The first-order valence-corrected chi connectivity index (χ1v) is 9.83. The van der Waals surface area contributed by atoms with Gasteiger partial charge in [0.05, 0.1) is 32.5 Å². The summed E-state index contributed by atoms with van der Waals surface area (Å²) in [5, 5.41) is 6.70. The van der Waals surface area contributed by atoms with E-state index >= 15 is 0 Å². The highest BCUT2D eigenvalue weighted by Gasteiger charge is 2.17. The van der Waals surface area contributed by atoms with Gasteiger partial charge in [-0.2, -0.15) is 0 Å². The van der Waals surface area contributed by atoms with Gasteiger partial charge in [0.15, 0.2) is 5.96 Å². The van der Waals surface area contributed by atoms with Crippen molar-refractivity contribution in [1.82, 2.24) is 15.5 Å². The van der Waals surface area contributed by atoms with E-state index in [4.69, 9.17) is 19.2 Å². The van der Waals surface area contributed by atoms with Crippen LogP contribution in [0.4, 0.5) is 0 Å². The Morgan fingerprint density at radius 3 is 2.77 bits per heavy atom. The van der Waals surface area contributed by atoms with E-state index in [1.807, 2.05) is 0 Å². The SMILES string of the molecule is CCNC(=NCC(C)N1CCOCC1)NCCCOCC1CCCO1.I. The summed E-state index contributed by atoms with van der Waals surface area (Å²) < 4.78 is 16.7. The van der Waals surface area contributed by atoms with Crippen LogP contribution in [0.5, 0.6) is 0 Å². The first kappa shape index (κ1) is 23.9. The molecule has 0 radical (unpaired) electrons. The van der Waals surface area contributed by atoms with E-state index < -0.39 is 0 Å². The van der Waals surface area contributed by atoms with Crippen molar-refractivity contribution in [3.8, 4) is 0 Å². The first-order valence-electron chi connectivity index (χ1n) is 9.83. The predicted octanol–water partition coefficient (Wildman–Crippen LogP) is 1.47. The van der Waals surface area contributed by atoms with E-state index in [2.05, 4.69) is 29.4 Å². The molecule has 2 heterocycles. The average Bonchev–Trinajstić information content (AvgIpc) is 3.16. The Hall–Kier alpha value is -0.160. The van der Waals surface area contributed by atoms with Crippen LogP contribution in [0.15, 0.2) is 4.99 Å². The number of ether oxygens (including phenoxy) is 3. The van der Waals surface area contributed by atoms with Crippen molar-refractivity contribution >= 4 is 29.9 Å². The van der Waals surface area contributed by atoms with Gasteiger partial charge >= 0.3 is 0 Å². The Morgan fingerprint density at radius 2 is 2.08 bits per heavy atom. The van der Waals surface area contributed by atoms with Gasteiger partial charge < -0.3 is 24.8 Å². The fraction of sp³-hybridized carbons (Fsp3) is 0.944. The van der Waals surface area contributed by atoms with Gasteiger partial charge in [-0.3, -0.25) is 9.89 Å². The number of guanidine groups is 1. The van der Waals surface area contributed by atoms with Crippen LogP contribution in [0.25, 0.3) is 0 Å². The molecule has 154 valence electrons. The molecule has 0 saturated carbocycles. The van der Waals surface area contributed by atoms with Crippen LogP contribution in [0, 0.1) is 0 Å². The molecule has 2 rings (SSSR count). The monoisotopic (exact) mass is 484 g/mol. The van der Waals surface area contributed by atoms with Crippen LogP contribution >= 0.6 is 24.0 Å². The quantitative estimate of drug-likeness (QED) is 0.212. The molecule has 2 aliphatic rings. The minimum Gasteiger partial charge on any atom is -0.379 e. The lowest BCUT2D eigenvalue weighted by Crippen LogP contribution is -2.44. The number of nitrogens with one attached hydrogen (secondary N) is 2. The number of hydrogen-bond donors (Lipinski definition) is 2. The number of rotatable bonds is 10. The number of halogens is 1. The van der Waals surface area contributed by atoms with Crippen molar-refractivity contribution in [3.63, 3.8) is 0 Å². The van der Waals surface area contributed by atoms with Gasteiger partial charge in [0.1, 0.15) is 0 Å². The van der Waals surface area contributed by atoms with Crippen LogP contribution in [0.2, 0.25) is 0 Å². The summed E-state index contributed by atoms with van der Waals surface area (Å²) >= 11 is 0. The highest BCUT2D eigenvalue weighted by Crippen LogP contribution is 2.11. The normalized spacial score (nSPS) is 22.7. The van der Waals surface area contributed by atoms with Crippen molar-refractivity contribution in [3.05, 3.63) is 0 Å². The number of aliphatic imine (C=N–C) groups is 1. The van der Waals surface area contributed by atoms with Crippen LogP contribution < -0.4 is 10.6 Å². The molecule has 0 spiro atoms. The summed E-state index contributed by atoms with van der Waals surface area (Å²) in [5.74, 6) is 0.890. The fourth-order valence-corrected chi connectivity index (χ4v) is 3.07. The maximum absolute atomic E-state index is 5.69. The van der Waals surface area contributed by atoms with E-state index in [9.17, 15) is 0 Å². The molecule has 0 aromatic carbocycles. The standard InChI is InChI=1S/C18H36N4O3.HI/c1-3-19-18(21-14-16(2)22-8-12-23-13-9-22)20-7-5-10-24-15-17-6-4-11-25-17;/h16-17H,3-15H2,1-2H3,(H2,19,20,21);1H. The minimum absolute atomic E-state index is 0. The third kappa shape index (κ3) is 9.68. The second-order valence-corrected chi connectivity index (χ2v) is 6.71. The molecule has 2 aliphatic heterocycles. The maximum atomic E-state index is 5.69. The zero-order chi connectivity index (χ0) is 17.7. The minimum atomic E-state index is 0. The zero-order valence-corrected chi connectivity index (χ0v) is 18.7. The Kier molecular flexibility index (Phi) is 13.6. The smallest absolute Gasteiger partial charge is 0.191 e. The van der Waals surface area contributed by atoms with Crippen LogP contribution in [0.1, 0.15) is 33.1 Å². The van der Waals surface area contributed by atoms with Crippen LogP contribution in [-0.2, 0) is 14.2 Å². The molecule has 0 aliphatic carbocycles. The Labute approximate surface area is 175 Å². The Balaban J connectivity index is 0.00000338. The third-order valence-electron chi connectivity index (χ3n) is 4.61.